The van der Waals surface area contributed by atoms with E-state index in [0.717, 1.165) is 0 Å². The average Bonchev–Trinajstić information content (AvgIpc) is 3.41. The Balaban J connectivity index is 3.14. The zero-order valence-corrected chi connectivity index (χ0v) is 25.9. The number of hydrogen-bond acceptors (Lipinski definition) is 10. The number of carboxylic acid groups (broad SMARTS) is 1. The molecule has 1 rings (SSSR count). The lowest BCUT2D eigenvalue weighted by atomic mass is 10.0. The third-order valence-electron chi connectivity index (χ3n) is 6.74. The van der Waals surface area contributed by atoms with E-state index < -0.39 is 90.0 Å². The maximum atomic E-state index is 13.7. The van der Waals surface area contributed by atoms with E-state index in [0.29, 0.717) is 6.42 Å². The van der Waals surface area contributed by atoms with Crippen LogP contribution in [-0.2, 0) is 38.4 Å². The van der Waals surface area contributed by atoms with Gasteiger partial charge < -0.3 is 48.5 Å². The van der Waals surface area contributed by atoms with Gasteiger partial charge in [-0.2, -0.15) is 12.6 Å². The van der Waals surface area contributed by atoms with Crippen molar-refractivity contribution in [2.24, 2.45) is 23.1 Å². The van der Waals surface area contributed by atoms with Crippen LogP contribution >= 0.6 is 12.6 Å². The summed E-state index contributed by atoms with van der Waals surface area (Å²) in [5, 5.41) is 19.0. The van der Waals surface area contributed by atoms with Crippen molar-refractivity contribution in [2.75, 3.05) is 12.3 Å². The van der Waals surface area contributed by atoms with Crippen LogP contribution in [0.3, 0.4) is 0 Å². The van der Waals surface area contributed by atoms with Gasteiger partial charge in [-0.05, 0) is 38.5 Å². The van der Waals surface area contributed by atoms with Crippen LogP contribution in [0.4, 0.5) is 0 Å². The van der Waals surface area contributed by atoms with Gasteiger partial charge in [-0.3, -0.25) is 38.4 Å². The van der Waals surface area contributed by atoms with Crippen molar-refractivity contribution in [3.05, 3.63) is 0 Å². The van der Waals surface area contributed by atoms with E-state index >= 15 is 0 Å². The minimum absolute atomic E-state index is 0.107. The van der Waals surface area contributed by atoms with Crippen LogP contribution in [0.15, 0.2) is 0 Å². The Morgan fingerprint density at radius 1 is 0.864 bits per heavy atom. The Bertz CT molecular complexity index is 1100. The van der Waals surface area contributed by atoms with E-state index in [-0.39, 0.29) is 43.9 Å². The Morgan fingerprint density at radius 2 is 1.43 bits per heavy atom. The predicted molar refractivity (Wildman–Crippen MR) is 159 cm³/mol. The van der Waals surface area contributed by atoms with Gasteiger partial charge in [0.2, 0.25) is 41.4 Å². The van der Waals surface area contributed by atoms with Crippen molar-refractivity contribution in [1.29, 1.82) is 0 Å². The normalized spacial score (nSPS) is 17.9. The van der Waals surface area contributed by atoms with Crippen LogP contribution < -0.4 is 38.5 Å². The first kappa shape index (κ1) is 38.1. The Hall–Kier alpha value is -3.93. The number of nitrogens with zero attached hydrogens (tertiary/aromatic N) is 1. The van der Waals surface area contributed by atoms with Gasteiger partial charge in [-0.25, -0.2) is 0 Å². The second-order valence-corrected chi connectivity index (χ2v) is 11.4. The molecule has 1 aliphatic heterocycles. The molecule has 0 aromatic carbocycles. The highest BCUT2D eigenvalue weighted by molar-refractivity contribution is 7.80. The van der Waals surface area contributed by atoms with Crippen molar-refractivity contribution in [3.8, 4) is 0 Å². The van der Waals surface area contributed by atoms with Crippen molar-refractivity contribution in [2.45, 2.75) is 95.5 Å². The number of nitrogens with one attached hydrogen (secondary N) is 4. The van der Waals surface area contributed by atoms with Gasteiger partial charge in [0.05, 0.1) is 12.5 Å². The molecule has 0 spiro atoms. The number of primary amides is 2. The molecule has 18 heteroatoms. The summed E-state index contributed by atoms with van der Waals surface area (Å²) in [5.74, 6) is -7.16. The molecule has 17 nitrogen and oxygen atoms in total. The first-order chi connectivity index (χ1) is 20.5. The molecule has 6 unspecified atom stereocenters. The smallest absolute Gasteiger partial charge is 0.305 e. The molecule has 44 heavy (non-hydrogen) atoms. The van der Waals surface area contributed by atoms with E-state index in [9.17, 15) is 43.5 Å². The Kier molecular flexibility index (Phi) is 15.6. The van der Waals surface area contributed by atoms with Gasteiger partial charge in [-0.1, -0.05) is 13.8 Å². The van der Waals surface area contributed by atoms with Gasteiger partial charge in [0.1, 0.15) is 30.2 Å². The summed E-state index contributed by atoms with van der Waals surface area (Å²) in [6.45, 7) is 5.11. The minimum atomic E-state index is -1.63. The number of carboxylic acids is 1. The Morgan fingerprint density at radius 3 is 1.93 bits per heavy atom. The highest BCUT2D eigenvalue weighted by Gasteiger charge is 2.40. The van der Waals surface area contributed by atoms with Gasteiger partial charge in [0.15, 0.2) is 0 Å². The summed E-state index contributed by atoms with van der Waals surface area (Å²) in [5.41, 5.74) is 16.0. The van der Waals surface area contributed by atoms with Crippen molar-refractivity contribution < 1.29 is 43.5 Å². The lowest BCUT2D eigenvalue weighted by Gasteiger charge is -2.31. The van der Waals surface area contributed by atoms with E-state index in [2.05, 4.69) is 33.9 Å². The molecule has 0 aliphatic carbocycles. The maximum Gasteiger partial charge on any atom is 0.305 e. The number of rotatable bonds is 18. The molecule has 0 aromatic rings. The first-order valence-corrected chi connectivity index (χ1v) is 14.8. The zero-order valence-electron chi connectivity index (χ0n) is 25.0. The summed E-state index contributed by atoms with van der Waals surface area (Å²) in [4.78, 5) is 101. The molecule has 248 valence electrons. The van der Waals surface area contributed by atoms with E-state index in [1.54, 1.807) is 13.8 Å². The number of hydrogen-bond donors (Lipinski definition) is 9. The summed E-state index contributed by atoms with van der Waals surface area (Å²) < 4.78 is 0. The van der Waals surface area contributed by atoms with Crippen molar-refractivity contribution in [1.82, 2.24) is 26.2 Å². The van der Waals surface area contributed by atoms with Crippen molar-refractivity contribution in [3.63, 3.8) is 0 Å². The third-order valence-corrected chi connectivity index (χ3v) is 7.11. The van der Waals surface area contributed by atoms with Crippen LogP contribution in [0.1, 0.15) is 59.3 Å². The molecule has 11 N–H and O–H groups in total. The van der Waals surface area contributed by atoms with Crippen LogP contribution in [0.25, 0.3) is 0 Å². The molecular formula is C26H44N8O9S. The first-order valence-electron chi connectivity index (χ1n) is 14.2. The quantitative estimate of drug-likeness (QED) is 0.0663. The number of amides is 7. The van der Waals surface area contributed by atoms with E-state index in [1.165, 1.54) is 11.8 Å². The number of carbonyl (C=O) groups is 8. The molecule has 0 bridgehead atoms. The Labute approximate surface area is 260 Å². The second-order valence-electron chi connectivity index (χ2n) is 11.0. The highest BCUT2D eigenvalue weighted by Crippen LogP contribution is 2.21. The van der Waals surface area contributed by atoms with Crippen LogP contribution in [0.2, 0.25) is 0 Å². The van der Waals surface area contributed by atoms with Crippen molar-refractivity contribution >= 4 is 59.9 Å². The predicted octanol–water partition coefficient (Wildman–Crippen LogP) is -3.53. The zero-order chi connectivity index (χ0) is 33.7. The van der Waals surface area contributed by atoms with E-state index in [4.69, 9.17) is 17.2 Å². The number of carbonyl (C=O) groups excluding carboxylic acids is 7. The molecule has 0 saturated carbocycles. The van der Waals surface area contributed by atoms with Gasteiger partial charge in [-0.15, -0.1) is 0 Å². The number of aliphatic carboxylic acids is 1. The number of nitrogens with two attached hydrogens (primary N) is 3. The van der Waals surface area contributed by atoms with Gasteiger partial charge in [0, 0.05) is 18.7 Å². The topological polar surface area (TPSA) is 286 Å². The summed E-state index contributed by atoms with van der Waals surface area (Å²) >= 11 is 4.03. The molecule has 1 fully saturated rings. The average molecular weight is 645 g/mol. The molecule has 0 radical (unpaired) electrons. The van der Waals surface area contributed by atoms with Crippen LogP contribution in [-0.4, -0.2) is 106 Å². The van der Waals surface area contributed by atoms with Gasteiger partial charge >= 0.3 is 5.97 Å². The lowest BCUT2D eigenvalue weighted by molar-refractivity contribution is -0.144. The van der Waals surface area contributed by atoms with Crippen LogP contribution in [0.5, 0.6) is 0 Å². The SMILES string of the molecule is CC(C)CC(NC(=O)C(CC(=O)O)NC(=O)C(CS)NC(=O)C(C)N)C(=O)N1CCCC1C(=O)NC(CCC(N)=O)C(N)=O. The molecule has 1 aliphatic rings. The standard InChI is InChI=1S/C26H44N8O9S/c1-12(2)9-16(26(43)34-8-4-5-18(34)25(42)30-14(21(29)38)6-7-19(28)35)32-23(40)15(10-20(36)37)31-24(41)17(11-44)33-22(39)13(3)27/h12-18,44H,4-11,27H2,1-3H3,(H2,28,35)(H2,29,38)(H,30,42)(H,31,41)(H,32,40)(H,33,39)(H,36,37). The third kappa shape index (κ3) is 12.4. The second kappa shape index (κ2) is 18.0. The molecule has 1 heterocycles. The largest absolute Gasteiger partial charge is 0.481 e. The van der Waals surface area contributed by atoms with E-state index in [1.807, 2.05) is 0 Å². The monoisotopic (exact) mass is 644 g/mol. The molecule has 7 amide bonds. The molecule has 1 saturated heterocycles. The number of thiol groups is 1. The maximum absolute atomic E-state index is 13.7. The minimum Gasteiger partial charge on any atom is -0.481 e. The highest BCUT2D eigenvalue weighted by atomic mass is 32.1. The summed E-state index contributed by atoms with van der Waals surface area (Å²) in [6.07, 6.45) is -0.375. The molecule has 6 atom stereocenters. The fraction of sp³-hybridized carbons (Fsp3) is 0.692. The molecular weight excluding hydrogens is 600 g/mol. The number of likely N-dealkylation sites (tertiary alicyclic amines) is 1. The van der Waals surface area contributed by atoms with Crippen LogP contribution in [0, 0.1) is 5.92 Å². The fourth-order valence-electron chi connectivity index (χ4n) is 4.46. The molecule has 0 aromatic heterocycles. The summed E-state index contributed by atoms with van der Waals surface area (Å²) in [6, 6.07) is -7.22. The fourth-order valence-corrected chi connectivity index (χ4v) is 4.72. The summed E-state index contributed by atoms with van der Waals surface area (Å²) in [7, 11) is 0. The lowest BCUT2D eigenvalue weighted by Crippen LogP contribution is -2.60. The van der Waals surface area contributed by atoms with Gasteiger partial charge in [0.25, 0.3) is 0 Å².